The van der Waals surface area contributed by atoms with Crippen LogP contribution in [0.1, 0.15) is 76.0 Å². The van der Waals surface area contributed by atoms with Crippen LogP contribution in [0, 0.1) is 11.3 Å². The molecule has 0 saturated carbocycles. The Morgan fingerprint density at radius 2 is 1.31 bits per heavy atom. The Morgan fingerprint density at radius 3 is 1.76 bits per heavy atom. The van der Waals surface area contributed by atoms with Crippen molar-refractivity contribution in [3.63, 3.8) is 0 Å². The van der Waals surface area contributed by atoms with Crippen molar-refractivity contribution in [1.29, 1.82) is 5.26 Å². The molecular formula is C27H37NSn. The molecule has 2 rings (SSSR count). The first-order valence-corrected chi connectivity index (χ1v) is 18.9. The molecule has 0 aromatic heterocycles. The molecule has 0 aliphatic rings. The topological polar surface area (TPSA) is 23.8 Å². The zero-order valence-corrected chi connectivity index (χ0v) is 21.4. The van der Waals surface area contributed by atoms with Crippen molar-refractivity contribution in [3.8, 4) is 6.07 Å². The minimum atomic E-state index is -2.59. The van der Waals surface area contributed by atoms with E-state index in [4.69, 9.17) is 5.26 Å². The van der Waals surface area contributed by atoms with E-state index in [9.17, 15) is 0 Å². The van der Waals surface area contributed by atoms with Crippen LogP contribution in [0.15, 0.2) is 54.6 Å². The van der Waals surface area contributed by atoms with E-state index in [2.05, 4.69) is 75.4 Å². The van der Waals surface area contributed by atoms with Crippen molar-refractivity contribution in [2.24, 2.45) is 0 Å². The van der Waals surface area contributed by atoms with Crippen molar-refractivity contribution in [2.45, 2.75) is 72.6 Å². The molecule has 0 unspecified atom stereocenters. The van der Waals surface area contributed by atoms with Gasteiger partial charge in [0.05, 0.1) is 0 Å². The molecule has 2 aromatic rings. The van der Waals surface area contributed by atoms with Crippen LogP contribution in [0.25, 0.3) is 9.67 Å². The van der Waals surface area contributed by atoms with Gasteiger partial charge in [-0.05, 0) is 0 Å². The first-order chi connectivity index (χ1) is 14.2. The fourth-order valence-electron chi connectivity index (χ4n) is 4.31. The van der Waals surface area contributed by atoms with Crippen LogP contribution < -0.4 is 0 Å². The number of unbranched alkanes of at least 4 members (excludes halogenated alkanes) is 3. The van der Waals surface area contributed by atoms with Gasteiger partial charge in [0, 0.05) is 0 Å². The van der Waals surface area contributed by atoms with Crippen LogP contribution in [-0.4, -0.2) is 18.4 Å². The molecule has 29 heavy (non-hydrogen) atoms. The fraction of sp³-hybridized carbons (Fsp3) is 0.444. The van der Waals surface area contributed by atoms with Gasteiger partial charge in [-0.2, -0.15) is 0 Å². The third-order valence-electron chi connectivity index (χ3n) is 6.03. The summed E-state index contributed by atoms with van der Waals surface area (Å²) in [5.74, 6) is 0. The molecule has 1 nitrogen and oxygen atoms in total. The van der Waals surface area contributed by atoms with Gasteiger partial charge in [-0.15, -0.1) is 0 Å². The average molecular weight is 494 g/mol. The van der Waals surface area contributed by atoms with Crippen LogP contribution in [-0.2, 0) is 0 Å². The van der Waals surface area contributed by atoms with Gasteiger partial charge in [-0.25, -0.2) is 0 Å². The second-order valence-electron chi connectivity index (χ2n) is 8.25. The molecule has 2 heteroatoms. The normalized spacial score (nSPS) is 12.0. The summed E-state index contributed by atoms with van der Waals surface area (Å²) in [7, 11) is 0. The Kier molecular flexibility index (Phi) is 10.6. The maximum atomic E-state index is 9.15. The molecule has 0 aliphatic carbocycles. The van der Waals surface area contributed by atoms with E-state index in [1.807, 2.05) is 12.1 Å². The summed E-state index contributed by atoms with van der Waals surface area (Å²) in [6.45, 7) is 7.01. The van der Waals surface area contributed by atoms with Crippen molar-refractivity contribution >= 4 is 28.0 Å². The Labute approximate surface area is 182 Å². The Hall–Kier alpha value is -1.53. The van der Waals surface area contributed by atoms with Crippen LogP contribution in [0.4, 0.5) is 0 Å². The van der Waals surface area contributed by atoms with E-state index in [1.54, 1.807) is 3.59 Å². The van der Waals surface area contributed by atoms with Gasteiger partial charge in [0.1, 0.15) is 0 Å². The first-order valence-electron chi connectivity index (χ1n) is 11.5. The Balaban J connectivity index is 2.60. The van der Waals surface area contributed by atoms with Crippen LogP contribution in [0.3, 0.4) is 0 Å². The van der Waals surface area contributed by atoms with Gasteiger partial charge in [-0.1, -0.05) is 0 Å². The predicted octanol–water partition coefficient (Wildman–Crippen LogP) is 8.49. The zero-order valence-electron chi connectivity index (χ0n) is 18.6. The molecule has 154 valence electrons. The van der Waals surface area contributed by atoms with Crippen molar-refractivity contribution in [2.75, 3.05) is 0 Å². The zero-order chi connectivity index (χ0) is 21.0. The molecule has 0 aliphatic heterocycles. The van der Waals surface area contributed by atoms with Crippen LogP contribution >= 0.6 is 0 Å². The van der Waals surface area contributed by atoms with E-state index in [1.165, 1.54) is 63.0 Å². The molecule has 0 bridgehead atoms. The monoisotopic (exact) mass is 495 g/mol. The number of nitrogens with zero attached hydrogens (tertiary/aromatic N) is 1. The van der Waals surface area contributed by atoms with Gasteiger partial charge >= 0.3 is 183 Å². The first kappa shape index (κ1) is 23.7. The van der Waals surface area contributed by atoms with E-state index in [0.717, 1.165) is 5.56 Å². The number of benzene rings is 2. The fourth-order valence-corrected chi connectivity index (χ4v) is 21.1. The third-order valence-corrected chi connectivity index (χ3v) is 21.8. The second-order valence-corrected chi connectivity index (χ2v) is 21.4. The average Bonchev–Trinajstić information content (AvgIpc) is 2.78. The molecule has 0 spiro atoms. The molecule has 0 atom stereocenters. The van der Waals surface area contributed by atoms with Gasteiger partial charge in [-0.3, -0.25) is 0 Å². The summed E-state index contributed by atoms with van der Waals surface area (Å²) in [5.41, 5.74) is 3.42. The number of hydrogen-bond donors (Lipinski definition) is 0. The molecule has 0 heterocycles. The molecular weight excluding hydrogens is 457 g/mol. The molecule has 0 saturated heterocycles. The van der Waals surface area contributed by atoms with Gasteiger partial charge in [0.2, 0.25) is 0 Å². The van der Waals surface area contributed by atoms with Gasteiger partial charge < -0.3 is 0 Å². The molecule has 0 N–H and O–H groups in total. The van der Waals surface area contributed by atoms with Crippen LogP contribution in [0.2, 0.25) is 13.3 Å². The van der Waals surface area contributed by atoms with Crippen molar-refractivity contribution < 1.29 is 0 Å². The van der Waals surface area contributed by atoms with E-state index in [0.29, 0.717) is 0 Å². The summed E-state index contributed by atoms with van der Waals surface area (Å²) in [5, 5.41) is 9.15. The van der Waals surface area contributed by atoms with Crippen molar-refractivity contribution in [3.05, 3.63) is 71.3 Å². The Morgan fingerprint density at radius 1 is 0.793 bits per heavy atom. The maximum absolute atomic E-state index is 9.15. The third kappa shape index (κ3) is 7.03. The number of rotatable bonds is 12. The van der Waals surface area contributed by atoms with E-state index in [-0.39, 0.29) is 0 Å². The van der Waals surface area contributed by atoms with Gasteiger partial charge in [0.15, 0.2) is 0 Å². The number of nitriles is 1. The number of hydrogen-bond acceptors (Lipinski definition) is 1. The standard InChI is InChI=1S/C15H10N.3C4H9.Sn/c16-12-15-10-8-14(9-11-15)7-6-13-4-2-1-3-5-13;3*1-3-4-2;/h1-5,7-11H;3*1,3-4H2,2H3;. The predicted molar refractivity (Wildman–Crippen MR) is 130 cm³/mol. The Bertz CT molecular complexity index is 762. The quantitative estimate of drug-likeness (QED) is 0.214. The summed E-state index contributed by atoms with van der Waals surface area (Å²) >= 11 is -2.59. The molecule has 0 radical (unpaired) electrons. The van der Waals surface area contributed by atoms with Crippen LogP contribution in [0.5, 0.6) is 0 Å². The summed E-state index contributed by atoms with van der Waals surface area (Å²) < 4.78 is 6.08. The summed E-state index contributed by atoms with van der Waals surface area (Å²) in [4.78, 5) is 0. The minimum absolute atomic E-state index is 0.737. The molecule has 0 fully saturated rings. The SMILES string of the molecule is CCC[CH2][Sn]([CH2]CCC)([CH2]CCC)/[C](=C/c1ccc(C#N)cc1)c1ccccc1. The molecule has 2 aromatic carbocycles. The van der Waals surface area contributed by atoms with Gasteiger partial charge in [0.25, 0.3) is 0 Å². The summed E-state index contributed by atoms with van der Waals surface area (Å²) in [6, 6.07) is 21.6. The van der Waals surface area contributed by atoms with Crippen molar-refractivity contribution in [1.82, 2.24) is 0 Å². The summed E-state index contributed by atoms with van der Waals surface area (Å²) in [6.07, 6.45) is 10.4. The second kappa shape index (κ2) is 12.9. The van der Waals surface area contributed by atoms with E-state index >= 15 is 0 Å². The van der Waals surface area contributed by atoms with E-state index < -0.39 is 18.4 Å². The molecule has 0 amide bonds.